The predicted molar refractivity (Wildman–Crippen MR) is 107 cm³/mol. The summed E-state index contributed by atoms with van der Waals surface area (Å²) in [4.78, 5) is 26.8. The molecular formula is C22H25F2N3O4. The van der Waals surface area contributed by atoms with Gasteiger partial charge in [0, 0.05) is 37.3 Å². The van der Waals surface area contributed by atoms with Crippen molar-refractivity contribution >= 4 is 11.9 Å². The number of hydrogen-bond acceptors (Lipinski definition) is 5. The highest BCUT2D eigenvalue weighted by Gasteiger charge is 2.46. The number of piperidine rings is 1. The summed E-state index contributed by atoms with van der Waals surface area (Å²) in [6, 6.07) is 4.06. The molecule has 2 N–H and O–H groups in total. The predicted octanol–water partition coefficient (Wildman–Crippen LogP) is 3.31. The number of benzene rings is 1. The molecule has 7 nitrogen and oxygen atoms in total. The number of carbonyl (C=O) groups excluding carboxylic acids is 1. The Morgan fingerprint density at radius 2 is 2.03 bits per heavy atom. The maximum Gasteiger partial charge on any atom is 0.309 e. The number of likely N-dealkylation sites (tertiary alicyclic amines) is 1. The van der Waals surface area contributed by atoms with Crippen LogP contribution in [0.5, 0.6) is 0 Å². The SMILES string of the molecule is CC1(C)CCC1N1CC[C@@H](NC(=O)c2cc(-c3ccc(F)cc3F)on2)[C@H](C(=O)O)C1. The van der Waals surface area contributed by atoms with Gasteiger partial charge in [0.25, 0.3) is 5.91 Å². The number of hydrogen-bond donors (Lipinski definition) is 2. The number of amides is 1. The van der Waals surface area contributed by atoms with E-state index in [1.807, 2.05) is 0 Å². The van der Waals surface area contributed by atoms with Crippen molar-refractivity contribution in [2.24, 2.45) is 11.3 Å². The van der Waals surface area contributed by atoms with Gasteiger partial charge in [0.05, 0.1) is 11.5 Å². The van der Waals surface area contributed by atoms with Crippen LogP contribution >= 0.6 is 0 Å². The maximum absolute atomic E-state index is 14.0. The summed E-state index contributed by atoms with van der Waals surface area (Å²) in [6.45, 7) is 5.46. The summed E-state index contributed by atoms with van der Waals surface area (Å²) in [7, 11) is 0. The van der Waals surface area contributed by atoms with E-state index in [0.717, 1.165) is 18.9 Å². The smallest absolute Gasteiger partial charge is 0.309 e. The first-order valence-electron chi connectivity index (χ1n) is 10.4. The van der Waals surface area contributed by atoms with Gasteiger partial charge in [0.1, 0.15) is 11.6 Å². The minimum absolute atomic E-state index is 0.0144. The van der Waals surface area contributed by atoms with Gasteiger partial charge in [-0.1, -0.05) is 19.0 Å². The van der Waals surface area contributed by atoms with E-state index < -0.39 is 35.5 Å². The number of aliphatic carboxylic acids is 1. The second-order valence-corrected chi connectivity index (χ2v) is 9.05. The molecule has 4 rings (SSSR count). The van der Waals surface area contributed by atoms with Crippen LogP contribution in [-0.2, 0) is 4.79 Å². The number of aromatic nitrogens is 1. The Morgan fingerprint density at radius 3 is 2.65 bits per heavy atom. The van der Waals surface area contributed by atoms with E-state index in [1.54, 1.807) is 0 Å². The van der Waals surface area contributed by atoms with Crippen molar-refractivity contribution in [1.29, 1.82) is 0 Å². The Labute approximate surface area is 178 Å². The second kappa shape index (κ2) is 8.03. The maximum atomic E-state index is 14.0. The number of nitrogens with one attached hydrogen (secondary N) is 1. The lowest BCUT2D eigenvalue weighted by atomic mass is 9.66. The van der Waals surface area contributed by atoms with E-state index in [1.165, 1.54) is 12.1 Å². The molecule has 1 saturated carbocycles. The van der Waals surface area contributed by atoms with E-state index in [-0.39, 0.29) is 22.4 Å². The number of nitrogens with zero attached hydrogens (tertiary/aromatic N) is 2. The van der Waals surface area contributed by atoms with Crippen LogP contribution in [-0.4, -0.2) is 52.2 Å². The highest BCUT2D eigenvalue weighted by molar-refractivity contribution is 5.93. The van der Waals surface area contributed by atoms with Gasteiger partial charge in [-0.3, -0.25) is 14.5 Å². The van der Waals surface area contributed by atoms with Crippen LogP contribution in [0.4, 0.5) is 8.78 Å². The first-order chi connectivity index (χ1) is 14.7. The number of carboxylic acids is 1. The molecule has 0 bridgehead atoms. The summed E-state index contributed by atoms with van der Waals surface area (Å²) >= 11 is 0. The minimum Gasteiger partial charge on any atom is -0.481 e. The Balaban J connectivity index is 1.44. The van der Waals surface area contributed by atoms with E-state index in [9.17, 15) is 23.5 Å². The Kier molecular flexibility index (Phi) is 5.55. The second-order valence-electron chi connectivity index (χ2n) is 9.05. The third-order valence-corrected chi connectivity index (χ3v) is 6.62. The molecule has 1 aliphatic heterocycles. The van der Waals surface area contributed by atoms with Crippen LogP contribution in [0, 0.1) is 23.0 Å². The van der Waals surface area contributed by atoms with E-state index in [2.05, 4.69) is 29.2 Å². The zero-order valence-electron chi connectivity index (χ0n) is 17.4. The zero-order chi connectivity index (χ0) is 22.3. The fourth-order valence-corrected chi connectivity index (χ4v) is 4.65. The monoisotopic (exact) mass is 433 g/mol. The lowest BCUT2D eigenvalue weighted by Gasteiger charge is -2.53. The van der Waals surface area contributed by atoms with Crippen molar-refractivity contribution in [3.8, 4) is 11.3 Å². The Morgan fingerprint density at radius 1 is 1.26 bits per heavy atom. The molecule has 1 saturated heterocycles. The van der Waals surface area contributed by atoms with Gasteiger partial charge in [0.15, 0.2) is 11.5 Å². The highest BCUT2D eigenvalue weighted by atomic mass is 19.1. The van der Waals surface area contributed by atoms with Crippen LogP contribution in [0.25, 0.3) is 11.3 Å². The van der Waals surface area contributed by atoms with Crippen LogP contribution in [0.2, 0.25) is 0 Å². The average molecular weight is 433 g/mol. The van der Waals surface area contributed by atoms with Crippen LogP contribution in [0.3, 0.4) is 0 Å². The van der Waals surface area contributed by atoms with Crippen LogP contribution < -0.4 is 5.32 Å². The highest BCUT2D eigenvalue weighted by Crippen LogP contribution is 2.44. The van der Waals surface area contributed by atoms with Gasteiger partial charge >= 0.3 is 5.97 Å². The normalized spacial score (nSPS) is 25.6. The van der Waals surface area contributed by atoms with Gasteiger partial charge < -0.3 is 14.9 Å². The molecule has 0 radical (unpaired) electrons. The van der Waals surface area contributed by atoms with Crippen molar-refractivity contribution in [2.75, 3.05) is 13.1 Å². The third-order valence-electron chi connectivity index (χ3n) is 6.62. The molecule has 1 amide bonds. The fraction of sp³-hybridized carbons (Fsp3) is 0.500. The van der Waals surface area contributed by atoms with Crippen molar-refractivity contribution in [1.82, 2.24) is 15.4 Å². The molecule has 1 aromatic heterocycles. The number of carboxylic acid groups (broad SMARTS) is 1. The van der Waals surface area contributed by atoms with Crippen LogP contribution in [0.15, 0.2) is 28.8 Å². The number of rotatable bonds is 5. The molecule has 3 atom stereocenters. The zero-order valence-corrected chi connectivity index (χ0v) is 17.4. The quantitative estimate of drug-likeness (QED) is 0.751. The molecule has 1 aromatic carbocycles. The lowest BCUT2D eigenvalue weighted by molar-refractivity contribution is -0.146. The first-order valence-corrected chi connectivity index (χ1v) is 10.4. The number of halogens is 2. The Bertz CT molecular complexity index is 1010. The van der Waals surface area contributed by atoms with Gasteiger partial charge in [-0.2, -0.15) is 0 Å². The first kappa shape index (κ1) is 21.4. The summed E-state index contributed by atoms with van der Waals surface area (Å²) in [5.74, 6) is -3.86. The minimum atomic E-state index is -0.957. The molecule has 2 fully saturated rings. The molecule has 2 aromatic rings. The topological polar surface area (TPSA) is 95.7 Å². The van der Waals surface area contributed by atoms with Crippen molar-refractivity contribution < 1.29 is 28.0 Å². The molecule has 31 heavy (non-hydrogen) atoms. The average Bonchev–Trinajstić information content (AvgIpc) is 3.18. The van der Waals surface area contributed by atoms with Gasteiger partial charge in [-0.25, -0.2) is 8.78 Å². The lowest BCUT2D eigenvalue weighted by Crippen LogP contribution is -2.60. The molecular weight excluding hydrogens is 408 g/mol. The summed E-state index contributed by atoms with van der Waals surface area (Å²) < 4.78 is 32.1. The van der Waals surface area contributed by atoms with Gasteiger partial charge in [-0.15, -0.1) is 0 Å². The fourth-order valence-electron chi connectivity index (χ4n) is 4.65. The van der Waals surface area contributed by atoms with E-state index >= 15 is 0 Å². The van der Waals surface area contributed by atoms with Gasteiger partial charge in [0.2, 0.25) is 0 Å². The van der Waals surface area contributed by atoms with Crippen molar-refractivity contribution in [2.45, 2.75) is 45.2 Å². The summed E-state index contributed by atoms with van der Waals surface area (Å²) in [6.07, 6.45) is 2.68. The molecule has 1 aliphatic carbocycles. The molecule has 0 spiro atoms. The largest absolute Gasteiger partial charge is 0.481 e. The number of carbonyl (C=O) groups is 2. The van der Waals surface area contributed by atoms with Crippen molar-refractivity contribution in [3.05, 3.63) is 41.6 Å². The molecule has 9 heteroatoms. The summed E-state index contributed by atoms with van der Waals surface area (Å²) in [5.41, 5.74) is 0.0597. The molecule has 166 valence electrons. The third kappa shape index (κ3) is 4.19. The van der Waals surface area contributed by atoms with E-state index in [4.69, 9.17) is 4.52 Å². The van der Waals surface area contributed by atoms with E-state index in [0.29, 0.717) is 31.6 Å². The molecule has 2 aliphatic rings. The summed E-state index contributed by atoms with van der Waals surface area (Å²) in [5, 5.41) is 16.2. The van der Waals surface area contributed by atoms with Gasteiger partial charge in [-0.05, 0) is 36.8 Å². The van der Waals surface area contributed by atoms with Crippen LogP contribution in [0.1, 0.15) is 43.6 Å². The molecule has 2 heterocycles. The Hall–Kier alpha value is -2.81. The standard InChI is InChI=1S/C22H25F2N3O4/c1-22(2)7-5-19(22)27-8-6-16(14(11-27)21(29)30)25-20(28)17-10-18(31-26-17)13-4-3-12(23)9-15(13)24/h3-4,9-10,14,16,19H,5-8,11H2,1-2H3,(H,25,28)(H,29,30)/t14-,16-,19?/m1/s1. The molecule has 1 unspecified atom stereocenters. The van der Waals surface area contributed by atoms with Crippen molar-refractivity contribution in [3.63, 3.8) is 0 Å².